The molecule has 1 nitrogen and oxygen atoms in total. The molecular formula is C11H10F4O. The minimum atomic E-state index is -4.68. The van der Waals surface area contributed by atoms with E-state index >= 15 is 0 Å². The maximum absolute atomic E-state index is 12.9. The van der Waals surface area contributed by atoms with E-state index in [0.29, 0.717) is 6.07 Å². The molecule has 1 aliphatic rings. The second-order valence-electron chi connectivity index (χ2n) is 3.81. The van der Waals surface area contributed by atoms with Crippen molar-refractivity contribution in [3.8, 4) is 5.75 Å². The first-order valence-corrected chi connectivity index (χ1v) is 5.00. The molecule has 1 aliphatic carbocycles. The maximum atomic E-state index is 12.9. The molecule has 0 spiro atoms. The Kier molecular flexibility index (Phi) is 2.78. The molecule has 0 bridgehead atoms. The Hall–Kier alpha value is -1.26. The summed E-state index contributed by atoms with van der Waals surface area (Å²) in [4.78, 5) is 0. The van der Waals surface area contributed by atoms with Crippen LogP contribution >= 0.6 is 0 Å². The topological polar surface area (TPSA) is 9.23 Å². The number of hydrogen-bond donors (Lipinski definition) is 0. The molecule has 1 fully saturated rings. The van der Waals surface area contributed by atoms with Crippen LogP contribution in [0.5, 0.6) is 5.75 Å². The van der Waals surface area contributed by atoms with Crippen LogP contribution in [-0.4, -0.2) is 6.10 Å². The Morgan fingerprint density at radius 1 is 1.19 bits per heavy atom. The largest absolute Gasteiger partial charge is 0.490 e. The van der Waals surface area contributed by atoms with Gasteiger partial charge in [0.1, 0.15) is 11.6 Å². The van der Waals surface area contributed by atoms with Crippen LogP contribution in [0.25, 0.3) is 0 Å². The highest BCUT2D eigenvalue weighted by Crippen LogP contribution is 2.34. The van der Waals surface area contributed by atoms with Gasteiger partial charge >= 0.3 is 6.18 Å². The summed E-state index contributed by atoms with van der Waals surface area (Å²) in [5.41, 5.74) is -1.27. The SMILES string of the molecule is Fc1ccc(OC2CCC2)cc1C(F)(F)F. The Balaban J connectivity index is 2.20. The summed E-state index contributed by atoms with van der Waals surface area (Å²) in [7, 11) is 0. The van der Waals surface area contributed by atoms with Crippen LogP contribution < -0.4 is 4.74 Å². The quantitative estimate of drug-likeness (QED) is 0.707. The van der Waals surface area contributed by atoms with Crippen molar-refractivity contribution in [2.75, 3.05) is 0 Å². The van der Waals surface area contributed by atoms with Gasteiger partial charge in [-0.2, -0.15) is 13.2 Å². The molecule has 0 N–H and O–H groups in total. The molecule has 0 unspecified atom stereocenters. The van der Waals surface area contributed by atoms with Gasteiger partial charge in [-0.05, 0) is 37.5 Å². The summed E-state index contributed by atoms with van der Waals surface area (Å²) in [6.45, 7) is 0. The molecule has 5 heteroatoms. The number of alkyl halides is 3. The van der Waals surface area contributed by atoms with Crippen molar-refractivity contribution in [3.05, 3.63) is 29.6 Å². The molecular weight excluding hydrogens is 224 g/mol. The molecule has 1 aromatic rings. The van der Waals surface area contributed by atoms with Gasteiger partial charge in [0.15, 0.2) is 0 Å². The van der Waals surface area contributed by atoms with E-state index in [9.17, 15) is 17.6 Å². The Bertz CT molecular complexity index is 382. The number of hydrogen-bond acceptors (Lipinski definition) is 1. The van der Waals surface area contributed by atoms with E-state index < -0.39 is 17.6 Å². The fourth-order valence-corrected chi connectivity index (χ4v) is 1.48. The lowest BCUT2D eigenvalue weighted by Crippen LogP contribution is -2.24. The smallest absolute Gasteiger partial charge is 0.419 e. The molecule has 2 rings (SSSR count). The van der Waals surface area contributed by atoms with E-state index in [2.05, 4.69) is 0 Å². The van der Waals surface area contributed by atoms with Gasteiger partial charge in [0.05, 0.1) is 11.7 Å². The first-order chi connectivity index (χ1) is 7.47. The highest BCUT2D eigenvalue weighted by atomic mass is 19.4. The van der Waals surface area contributed by atoms with Crippen molar-refractivity contribution < 1.29 is 22.3 Å². The lowest BCUT2D eigenvalue weighted by molar-refractivity contribution is -0.140. The second-order valence-corrected chi connectivity index (χ2v) is 3.81. The van der Waals surface area contributed by atoms with Gasteiger partial charge in [0, 0.05) is 0 Å². The molecule has 0 heterocycles. The summed E-state index contributed by atoms with van der Waals surface area (Å²) < 4.78 is 55.3. The molecule has 0 aliphatic heterocycles. The van der Waals surface area contributed by atoms with E-state index in [0.717, 1.165) is 25.3 Å². The zero-order valence-corrected chi connectivity index (χ0v) is 8.35. The van der Waals surface area contributed by atoms with Crippen LogP contribution in [-0.2, 0) is 6.18 Å². The fourth-order valence-electron chi connectivity index (χ4n) is 1.48. The molecule has 1 aromatic carbocycles. The normalized spacial score (nSPS) is 17.0. The van der Waals surface area contributed by atoms with Crippen molar-refractivity contribution in [3.63, 3.8) is 0 Å². The molecule has 0 radical (unpaired) electrons. The van der Waals surface area contributed by atoms with Gasteiger partial charge in [-0.15, -0.1) is 0 Å². The van der Waals surface area contributed by atoms with Crippen LogP contribution in [0.3, 0.4) is 0 Å². The third-order valence-corrected chi connectivity index (χ3v) is 2.60. The van der Waals surface area contributed by atoms with Gasteiger partial charge in [-0.3, -0.25) is 0 Å². The molecule has 88 valence electrons. The highest BCUT2D eigenvalue weighted by molar-refractivity contribution is 5.31. The third kappa shape index (κ3) is 2.28. The Labute approximate surface area is 90.0 Å². The first kappa shape index (κ1) is 11.2. The fraction of sp³-hybridized carbons (Fsp3) is 0.455. The average molecular weight is 234 g/mol. The van der Waals surface area contributed by atoms with Gasteiger partial charge in [-0.1, -0.05) is 0 Å². The van der Waals surface area contributed by atoms with Gasteiger partial charge in [0.2, 0.25) is 0 Å². The summed E-state index contributed by atoms with van der Waals surface area (Å²) in [5, 5.41) is 0. The van der Waals surface area contributed by atoms with Crippen molar-refractivity contribution in [2.24, 2.45) is 0 Å². The van der Waals surface area contributed by atoms with E-state index in [1.54, 1.807) is 0 Å². The van der Waals surface area contributed by atoms with Gasteiger partial charge in [-0.25, -0.2) is 4.39 Å². The number of benzene rings is 1. The predicted octanol–water partition coefficient (Wildman–Crippen LogP) is 3.78. The van der Waals surface area contributed by atoms with Crippen molar-refractivity contribution >= 4 is 0 Å². The summed E-state index contributed by atoms with van der Waals surface area (Å²) in [6.07, 6.45) is -1.98. The predicted molar refractivity (Wildman–Crippen MR) is 49.7 cm³/mol. The van der Waals surface area contributed by atoms with Crippen molar-refractivity contribution in [2.45, 2.75) is 31.5 Å². The second kappa shape index (κ2) is 3.96. The average Bonchev–Trinajstić information content (AvgIpc) is 2.12. The first-order valence-electron chi connectivity index (χ1n) is 5.00. The van der Waals surface area contributed by atoms with E-state index in [1.165, 1.54) is 6.07 Å². The van der Waals surface area contributed by atoms with Crippen LogP contribution in [0.15, 0.2) is 18.2 Å². The molecule has 0 saturated heterocycles. The third-order valence-electron chi connectivity index (χ3n) is 2.60. The zero-order chi connectivity index (χ0) is 11.8. The van der Waals surface area contributed by atoms with Crippen LogP contribution in [0, 0.1) is 5.82 Å². The van der Waals surface area contributed by atoms with E-state index in [4.69, 9.17) is 4.74 Å². The van der Waals surface area contributed by atoms with Gasteiger partial charge in [0.25, 0.3) is 0 Å². The monoisotopic (exact) mass is 234 g/mol. The van der Waals surface area contributed by atoms with Crippen molar-refractivity contribution in [1.82, 2.24) is 0 Å². The zero-order valence-electron chi connectivity index (χ0n) is 8.35. The maximum Gasteiger partial charge on any atom is 0.419 e. The molecule has 0 aromatic heterocycles. The Morgan fingerprint density at radius 2 is 1.88 bits per heavy atom. The van der Waals surface area contributed by atoms with E-state index in [1.807, 2.05) is 0 Å². The highest BCUT2D eigenvalue weighted by Gasteiger charge is 2.34. The minimum absolute atomic E-state index is 0.0217. The Morgan fingerprint density at radius 3 is 2.38 bits per heavy atom. The molecule has 1 saturated carbocycles. The molecule has 16 heavy (non-hydrogen) atoms. The molecule has 0 atom stereocenters. The van der Waals surface area contributed by atoms with Crippen molar-refractivity contribution in [1.29, 1.82) is 0 Å². The number of halogens is 4. The van der Waals surface area contributed by atoms with Crippen LogP contribution in [0.1, 0.15) is 24.8 Å². The summed E-state index contributed by atoms with van der Waals surface area (Å²) in [5.74, 6) is -1.19. The van der Waals surface area contributed by atoms with Gasteiger partial charge < -0.3 is 4.74 Å². The molecule has 0 amide bonds. The lowest BCUT2D eigenvalue weighted by atomic mass is 9.96. The van der Waals surface area contributed by atoms with Crippen LogP contribution in [0.2, 0.25) is 0 Å². The number of rotatable bonds is 2. The minimum Gasteiger partial charge on any atom is -0.490 e. The summed E-state index contributed by atoms with van der Waals surface area (Å²) in [6, 6.07) is 2.73. The lowest BCUT2D eigenvalue weighted by Gasteiger charge is -2.26. The van der Waals surface area contributed by atoms with E-state index in [-0.39, 0.29) is 11.9 Å². The standard InChI is InChI=1S/C11H10F4O/c12-10-5-4-8(16-7-2-1-3-7)6-9(10)11(13,14)15/h4-7H,1-3H2. The summed E-state index contributed by atoms with van der Waals surface area (Å²) >= 11 is 0. The number of ether oxygens (including phenoxy) is 1. The van der Waals surface area contributed by atoms with Crippen LogP contribution in [0.4, 0.5) is 17.6 Å².